The molecule has 1 aliphatic heterocycles. The van der Waals surface area contributed by atoms with Crippen molar-refractivity contribution in [3.8, 4) is 0 Å². The molecule has 2 rings (SSSR count). The minimum Gasteiger partial charge on any atom is -0.377 e. The van der Waals surface area contributed by atoms with Crippen molar-refractivity contribution in [3.05, 3.63) is 28.0 Å². The van der Waals surface area contributed by atoms with E-state index in [-0.39, 0.29) is 0 Å². The number of nitrogens with zero attached hydrogens (tertiary/aromatic N) is 1. The van der Waals surface area contributed by atoms with E-state index < -0.39 is 16.5 Å². The molecule has 0 aliphatic carbocycles. The van der Waals surface area contributed by atoms with Gasteiger partial charge in [-0.3, -0.25) is 0 Å². The van der Waals surface area contributed by atoms with Crippen LogP contribution < -0.4 is 4.72 Å². The number of ether oxygens (including phenoxy) is 1. The van der Waals surface area contributed by atoms with Crippen LogP contribution in [0.25, 0.3) is 0 Å². The summed E-state index contributed by atoms with van der Waals surface area (Å²) in [5, 5.41) is 0.673. The second-order valence-electron chi connectivity index (χ2n) is 4.55. The molecule has 4 nitrogen and oxygen atoms in total. The highest BCUT2D eigenvalue weighted by Crippen LogP contribution is 2.34. The van der Waals surface area contributed by atoms with Gasteiger partial charge in [0.2, 0.25) is 0 Å². The summed E-state index contributed by atoms with van der Waals surface area (Å²) in [6, 6.07) is 3.49. The van der Waals surface area contributed by atoms with E-state index in [2.05, 4.69) is 16.6 Å². The Hall–Kier alpha value is -0.200. The predicted molar refractivity (Wildman–Crippen MR) is 77.8 cm³/mol. The minimum absolute atomic E-state index is 0.329. The molecule has 0 saturated carbocycles. The Morgan fingerprint density at radius 3 is 2.74 bits per heavy atom. The molecule has 1 aliphatic rings. The van der Waals surface area contributed by atoms with E-state index in [4.69, 9.17) is 27.9 Å². The van der Waals surface area contributed by atoms with Crippen LogP contribution in [0.3, 0.4) is 0 Å². The van der Waals surface area contributed by atoms with Gasteiger partial charge in [0.15, 0.2) is 0 Å². The molecular weight excluding hydrogens is 307 g/mol. The SMILES string of the molecule is CCCCS(=O)NC1(c2ccc(Cl)nc2Cl)COC1. The maximum atomic E-state index is 12.0. The average Bonchev–Trinajstić information content (AvgIpc) is 2.32. The molecule has 0 spiro atoms. The van der Waals surface area contributed by atoms with Crippen LogP contribution in [0.1, 0.15) is 25.3 Å². The number of hydrogen-bond acceptors (Lipinski definition) is 3. The molecule has 1 atom stereocenters. The highest BCUT2D eigenvalue weighted by molar-refractivity contribution is 7.83. The number of nitrogens with one attached hydrogen (secondary N) is 1. The average molecular weight is 323 g/mol. The zero-order valence-corrected chi connectivity index (χ0v) is 12.9. The van der Waals surface area contributed by atoms with Crippen LogP contribution in [0.15, 0.2) is 12.1 Å². The highest BCUT2D eigenvalue weighted by Gasteiger charge is 2.43. The fraction of sp³-hybridized carbons (Fsp3) is 0.583. The molecule has 1 saturated heterocycles. The number of aromatic nitrogens is 1. The number of rotatable bonds is 6. The third-order valence-electron chi connectivity index (χ3n) is 3.02. The highest BCUT2D eigenvalue weighted by atomic mass is 35.5. The molecule has 1 unspecified atom stereocenters. The van der Waals surface area contributed by atoms with Crippen LogP contribution in [-0.2, 0) is 21.3 Å². The lowest BCUT2D eigenvalue weighted by Gasteiger charge is -2.42. The Kier molecular flexibility index (Phi) is 5.20. The molecule has 1 aromatic rings. The summed E-state index contributed by atoms with van der Waals surface area (Å²) in [7, 11) is -1.10. The van der Waals surface area contributed by atoms with Gasteiger partial charge in [-0.25, -0.2) is 13.9 Å². The van der Waals surface area contributed by atoms with Gasteiger partial charge in [0.25, 0.3) is 0 Å². The van der Waals surface area contributed by atoms with Gasteiger partial charge < -0.3 is 4.74 Å². The molecule has 7 heteroatoms. The van der Waals surface area contributed by atoms with E-state index in [1.807, 2.05) is 6.07 Å². The molecule has 2 heterocycles. The first-order valence-electron chi connectivity index (χ1n) is 6.14. The number of hydrogen-bond donors (Lipinski definition) is 1. The van der Waals surface area contributed by atoms with E-state index in [9.17, 15) is 4.21 Å². The van der Waals surface area contributed by atoms with Crippen molar-refractivity contribution in [3.63, 3.8) is 0 Å². The minimum atomic E-state index is -1.10. The zero-order chi connectivity index (χ0) is 13.9. The molecule has 1 fully saturated rings. The first-order valence-corrected chi connectivity index (χ1v) is 8.21. The fourth-order valence-electron chi connectivity index (χ4n) is 1.89. The number of unbranched alkanes of at least 4 members (excludes halogenated alkanes) is 1. The lowest BCUT2D eigenvalue weighted by molar-refractivity contribution is -0.0658. The third kappa shape index (κ3) is 3.47. The normalized spacial score (nSPS) is 18.9. The van der Waals surface area contributed by atoms with Gasteiger partial charge >= 0.3 is 0 Å². The number of halogens is 2. The van der Waals surface area contributed by atoms with Crippen LogP contribution in [0.2, 0.25) is 10.3 Å². The predicted octanol–water partition coefficient (Wildman–Crippen LogP) is 2.67. The Balaban J connectivity index is 2.16. The monoisotopic (exact) mass is 322 g/mol. The molecular formula is C12H16Cl2N2O2S. The van der Waals surface area contributed by atoms with Crippen molar-refractivity contribution >= 4 is 34.2 Å². The topological polar surface area (TPSA) is 51.2 Å². The van der Waals surface area contributed by atoms with Gasteiger partial charge in [0.05, 0.1) is 24.2 Å². The van der Waals surface area contributed by atoms with Gasteiger partial charge in [-0.1, -0.05) is 42.6 Å². The van der Waals surface area contributed by atoms with Crippen molar-refractivity contribution in [1.29, 1.82) is 0 Å². The second kappa shape index (κ2) is 6.50. The molecule has 0 radical (unpaired) electrons. The smallest absolute Gasteiger partial charge is 0.136 e. The van der Waals surface area contributed by atoms with Gasteiger partial charge in [-0.15, -0.1) is 0 Å². The van der Waals surface area contributed by atoms with E-state index in [1.54, 1.807) is 6.07 Å². The summed E-state index contributed by atoms with van der Waals surface area (Å²) in [4.78, 5) is 4.03. The molecule has 0 bridgehead atoms. The van der Waals surface area contributed by atoms with Gasteiger partial charge in [0, 0.05) is 11.3 Å². The maximum absolute atomic E-state index is 12.0. The van der Waals surface area contributed by atoms with Crippen LogP contribution in [0.5, 0.6) is 0 Å². The Labute approximate surface area is 125 Å². The first-order chi connectivity index (χ1) is 9.07. The largest absolute Gasteiger partial charge is 0.377 e. The molecule has 0 aromatic carbocycles. The summed E-state index contributed by atoms with van der Waals surface area (Å²) < 4.78 is 20.4. The summed E-state index contributed by atoms with van der Waals surface area (Å²) in [5.41, 5.74) is 0.280. The zero-order valence-electron chi connectivity index (χ0n) is 10.6. The van der Waals surface area contributed by atoms with E-state index >= 15 is 0 Å². The van der Waals surface area contributed by atoms with Crippen LogP contribution in [0.4, 0.5) is 0 Å². The first kappa shape index (κ1) is 15.2. The van der Waals surface area contributed by atoms with Gasteiger partial charge in [-0.2, -0.15) is 0 Å². The lowest BCUT2D eigenvalue weighted by atomic mass is 9.90. The van der Waals surface area contributed by atoms with Crippen molar-refractivity contribution in [2.24, 2.45) is 0 Å². The van der Waals surface area contributed by atoms with E-state index in [0.29, 0.717) is 29.3 Å². The number of pyridine rings is 1. The fourth-order valence-corrected chi connectivity index (χ4v) is 3.73. The Bertz CT molecular complexity index is 481. The Morgan fingerprint density at radius 1 is 1.47 bits per heavy atom. The third-order valence-corrected chi connectivity index (χ3v) is 4.80. The molecule has 106 valence electrons. The quantitative estimate of drug-likeness (QED) is 0.819. The summed E-state index contributed by atoms with van der Waals surface area (Å²) in [6.45, 7) is 2.95. The summed E-state index contributed by atoms with van der Waals surface area (Å²) in [5.74, 6) is 0.622. The van der Waals surface area contributed by atoms with Crippen LogP contribution >= 0.6 is 23.2 Å². The van der Waals surface area contributed by atoms with E-state index in [0.717, 1.165) is 18.4 Å². The van der Waals surface area contributed by atoms with Crippen LogP contribution in [0, 0.1) is 0 Å². The van der Waals surface area contributed by atoms with Crippen molar-refractivity contribution in [2.45, 2.75) is 25.3 Å². The second-order valence-corrected chi connectivity index (χ2v) is 6.60. The van der Waals surface area contributed by atoms with Gasteiger partial charge in [-0.05, 0) is 12.5 Å². The van der Waals surface area contributed by atoms with Crippen molar-refractivity contribution in [2.75, 3.05) is 19.0 Å². The lowest BCUT2D eigenvalue weighted by Crippen LogP contribution is -2.58. The van der Waals surface area contributed by atoms with Crippen molar-refractivity contribution < 1.29 is 8.95 Å². The molecule has 1 N–H and O–H groups in total. The summed E-state index contributed by atoms with van der Waals surface area (Å²) in [6.07, 6.45) is 1.93. The summed E-state index contributed by atoms with van der Waals surface area (Å²) >= 11 is 11.9. The van der Waals surface area contributed by atoms with Crippen LogP contribution in [-0.4, -0.2) is 28.2 Å². The van der Waals surface area contributed by atoms with E-state index in [1.165, 1.54) is 0 Å². The van der Waals surface area contributed by atoms with Crippen molar-refractivity contribution in [1.82, 2.24) is 9.71 Å². The van der Waals surface area contributed by atoms with Gasteiger partial charge in [0.1, 0.15) is 15.8 Å². The molecule has 1 aromatic heterocycles. The maximum Gasteiger partial charge on any atom is 0.136 e. The Morgan fingerprint density at radius 2 is 2.21 bits per heavy atom. The molecule has 19 heavy (non-hydrogen) atoms. The standard InChI is InChI=1S/C12H16Cl2N2O2S/c1-2-3-6-19(17)16-12(7-18-8-12)9-4-5-10(13)15-11(9)14/h4-5,16H,2-3,6-8H2,1H3. The molecule has 0 amide bonds.